The van der Waals surface area contributed by atoms with Gasteiger partial charge in [0.2, 0.25) is 0 Å². The second kappa shape index (κ2) is 8.67. The third-order valence-electron chi connectivity index (χ3n) is 6.14. The van der Waals surface area contributed by atoms with Gasteiger partial charge >= 0.3 is 11.8 Å². The van der Waals surface area contributed by atoms with Crippen LogP contribution in [0.2, 0.25) is 0 Å². The summed E-state index contributed by atoms with van der Waals surface area (Å²) in [6.07, 6.45) is 4.28. The number of hydrogen-bond donors (Lipinski definition) is 2. The van der Waals surface area contributed by atoms with Crippen LogP contribution in [0.1, 0.15) is 19.4 Å². The Morgan fingerprint density at radius 1 is 1.08 bits per heavy atom. The summed E-state index contributed by atoms with van der Waals surface area (Å²) in [5, 5.41) is 12.8. The summed E-state index contributed by atoms with van der Waals surface area (Å²) in [6.45, 7) is 3.70. The molecule has 0 spiro atoms. The minimum absolute atomic E-state index is 0.289. The van der Waals surface area contributed by atoms with Gasteiger partial charge in [-0.15, -0.1) is 0 Å². The first-order valence-corrected chi connectivity index (χ1v) is 11.2. The molecule has 36 heavy (non-hydrogen) atoms. The summed E-state index contributed by atoms with van der Waals surface area (Å²) in [6, 6.07) is 17.2. The molecule has 0 radical (unpaired) electrons. The van der Waals surface area contributed by atoms with Crippen LogP contribution in [-0.2, 0) is 10.2 Å². The molecule has 0 saturated heterocycles. The Bertz CT molecular complexity index is 1730. The fourth-order valence-corrected chi connectivity index (χ4v) is 4.14. The maximum atomic E-state index is 13.0. The second-order valence-corrected chi connectivity index (χ2v) is 8.88. The molecule has 5 rings (SSSR count). The summed E-state index contributed by atoms with van der Waals surface area (Å²) in [5.41, 5.74) is 4.73. The number of fused-ring (bicyclic) bond motifs is 3. The zero-order valence-corrected chi connectivity index (χ0v) is 19.9. The van der Waals surface area contributed by atoms with Gasteiger partial charge in [-0.25, -0.2) is 9.59 Å². The lowest BCUT2D eigenvalue weighted by Gasteiger charge is -2.16. The van der Waals surface area contributed by atoms with Crippen LogP contribution in [0.3, 0.4) is 0 Å². The van der Waals surface area contributed by atoms with E-state index >= 15 is 0 Å². The van der Waals surface area contributed by atoms with Gasteiger partial charge in [0, 0.05) is 17.1 Å². The molecule has 9 nitrogen and oxygen atoms in total. The molecule has 0 aliphatic rings. The lowest BCUT2D eigenvalue weighted by atomic mass is 9.86. The predicted octanol–water partition coefficient (Wildman–Crippen LogP) is 4.91. The van der Waals surface area contributed by atoms with Gasteiger partial charge < -0.3 is 9.72 Å². The number of hydrogen-bond acceptors (Lipinski definition) is 6. The number of benzene rings is 2. The highest BCUT2D eigenvalue weighted by Gasteiger charge is 2.20. The third-order valence-corrected chi connectivity index (χ3v) is 6.14. The lowest BCUT2D eigenvalue weighted by molar-refractivity contribution is 0.187. The number of pyridine rings is 2. The van der Waals surface area contributed by atoms with Gasteiger partial charge in [-0.05, 0) is 55.3 Å². The van der Waals surface area contributed by atoms with Gasteiger partial charge in [0.25, 0.3) is 0 Å². The number of anilines is 1. The van der Waals surface area contributed by atoms with Crippen LogP contribution in [0.5, 0.6) is 0 Å². The lowest BCUT2D eigenvalue weighted by Crippen LogP contribution is -2.16. The molecule has 0 unspecified atom stereocenters. The Balaban J connectivity index is 1.67. The molecule has 3 heterocycles. The van der Waals surface area contributed by atoms with Crippen molar-refractivity contribution in [2.45, 2.75) is 19.3 Å². The van der Waals surface area contributed by atoms with Crippen LogP contribution in [0.25, 0.3) is 38.8 Å². The highest BCUT2D eigenvalue weighted by molar-refractivity contribution is 6.04. The number of aromatic nitrogens is 4. The molecule has 178 valence electrons. The standard InChI is InChI=1S/C27H22N6O3/c1-27(2,15-28)18-5-7-20(8-6-18)33-24-21-11-16(4-9-22(21)30-14-23(24)32-25(33)34)17-10-19(13-29-12-17)31-26(35)36-3/h4-14H,1-3H3,(H,31,35)(H,32,34). The van der Waals surface area contributed by atoms with Crippen molar-refractivity contribution in [2.75, 3.05) is 12.4 Å². The molecule has 0 aliphatic heterocycles. The maximum absolute atomic E-state index is 13.0. The minimum Gasteiger partial charge on any atom is -0.453 e. The van der Waals surface area contributed by atoms with E-state index < -0.39 is 11.5 Å². The molecule has 0 atom stereocenters. The van der Waals surface area contributed by atoms with Crippen LogP contribution >= 0.6 is 0 Å². The summed E-state index contributed by atoms with van der Waals surface area (Å²) >= 11 is 0. The Kier molecular flexibility index (Phi) is 5.49. The Morgan fingerprint density at radius 3 is 2.58 bits per heavy atom. The van der Waals surface area contributed by atoms with E-state index in [1.54, 1.807) is 23.0 Å². The molecular formula is C27H22N6O3. The van der Waals surface area contributed by atoms with Crippen LogP contribution < -0.4 is 11.0 Å². The smallest absolute Gasteiger partial charge is 0.411 e. The third kappa shape index (κ3) is 3.95. The Morgan fingerprint density at radius 2 is 1.86 bits per heavy atom. The quantitative estimate of drug-likeness (QED) is 0.378. The van der Waals surface area contributed by atoms with Crippen LogP contribution in [0, 0.1) is 11.3 Å². The zero-order chi connectivity index (χ0) is 25.4. The normalized spacial score (nSPS) is 11.4. The maximum Gasteiger partial charge on any atom is 0.411 e. The number of rotatable bonds is 4. The van der Waals surface area contributed by atoms with E-state index in [9.17, 15) is 14.9 Å². The average Bonchev–Trinajstić information content (AvgIpc) is 3.24. The first-order valence-electron chi connectivity index (χ1n) is 11.2. The van der Waals surface area contributed by atoms with E-state index in [1.165, 1.54) is 13.3 Å². The summed E-state index contributed by atoms with van der Waals surface area (Å²) in [5.74, 6) is 0. The number of imidazole rings is 1. The number of nitriles is 1. The molecular weight excluding hydrogens is 456 g/mol. The average molecular weight is 479 g/mol. The number of methoxy groups -OCH3 is 1. The molecule has 2 N–H and O–H groups in total. The van der Waals surface area contributed by atoms with Gasteiger partial charge in [-0.3, -0.25) is 19.9 Å². The molecule has 0 bridgehead atoms. The summed E-state index contributed by atoms with van der Waals surface area (Å²) < 4.78 is 6.27. The van der Waals surface area contributed by atoms with E-state index in [2.05, 4.69) is 31.1 Å². The number of nitrogens with one attached hydrogen (secondary N) is 2. The number of amides is 1. The molecule has 5 aromatic rings. The molecule has 9 heteroatoms. The number of carbonyl (C=O) groups excluding carboxylic acids is 1. The van der Waals surface area contributed by atoms with E-state index in [0.717, 1.165) is 27.6 Å². The van der Waals surface area contributed by atoms with Gasteiger partial charge in [0.05, 0.1) is 58.9 Å². The van der Waals surface area contributed by atoms with Crippen molar-refractivity contribution in [3.8, 4) is 22.9 Å². The van der Waals surface area contributed by atoms with Crippen molar-refractivity contribution in [1.29, 1.82) is 5.26 Å². The molecule has 0 fully saturated rings. The number of nitrogens with zero attached hydrogens (tertiary/aromatic N) is 4. The van der Waals surface area contributed by atoms with Gasteiger partial charge in [-0.1, -0.05) is 18.2 Å². The minimum atomic E-state index is -0.638. The number of carbonyl (C=O) groups is 1. The van der Waals surface area contributed by atoms with Crippen molar-refractivity contribution in [3.05, 3.63) is 83.2 Å². The molecule has 0 saturated carbocycles. The van der Waals surface area contributed by atoms with Crippen molar-refractivity contribution >= 4 is 33.7 Å². The van der Waals surface area contributed by atoms with Gasteiger partial charge in [0.1, 0.15) is 0 Å². The second-order valence-electron chi connectivity index (χ2n) is 8.88. The zero-order valence-electron chi connectivity index (χ0n) is 19.9. The number of H-pyrrole nitrogens is 1. The fraction of sp³-hybridized carbons (Fsp3) is 0.148. The highest BCUT2D eigenvalue weighted by Crippen LogP contribution is 2.30. The van der Waals surface area contributed by atoms with Crippen molar-refractivity contribution < 1.29 is 9.53 Å². The largest absolute Gasteiger partial charge is 0.453 e. The van der Waals surface area contributed by atoms with E-state index in [1.807, 2.05) is 56.3 Å². The summed E-state index contributed by atoms with van der Waals surface area (Å²) in [7, 11) is 1.29. The predicted molar refractivity (Wildman–Crippen MR) is 137 cm³/mol. The Hall–Kier alpha value is -4.97. The topological polar surface area (TPSA) is 126 Å². The number of ether oxygens (including phenoxy) is 1. The van der Waals surface area contributed by atoms with E-state index in [0.29, 0.717) is 22.4 Å². The fourth-order valence-electron chi connectivity index (χ4n) is 4.14. The van der Waals surface area contributed by atoms with E-state index in [4.69, 9.17) is 0 Å². The summed E-state index contributed by atoms with van der Waals surface area (Å²) in [4.78, 5) is 36.2. The Labute approximate surface area is 206 Å². The van der Waals surface area contributed by atoms with Crippen LogP contribution in [0.4, 0.5) is 10.5 Å². The first-order chi connectivity index (χ1) is 17.3. The highest BCUT2D eigenvalue weighted by atomic mass is 16.5. The van der Waals surface area contributed by atoms with E-state index in [-0.39, 0.29) is 5.69 Å². The van der Waals surface area contributed by atoms with Crippen molar-refractivity contribution in [1.82, 2.24) is 19.5 Å². The van der Waals surface area contributed by atoms with Crippen LogP contribution in [0.15, 0.2) is 71.9 Å². The first kappa shape index (κ1) is 22.8. The molecule has 2 aromatic carbocycles. The van der Waals surface area contributed by atoms with Gasteiger partial charge in [-0.2, -0.15) is 5.26 Å². The SMILES string of the molecule is COC(=O)Nc1cncc(-c2ccc3ncc4[nH]c(=O)n(-c5ccc(C(C)(C)C#N)cc5)c4c3c2)c1. The van der Waals surface area contributed by atoms with Crippen LogP contribution in [-0.4, -0.2) is 32.7 Å². The van der Waals surface area contributed by atoms with Gasteiger partial charge in [0.15, 0.2) is 0 Å². The molecule has 0 aliphatic carbocycles. The number of aromatic amines is 1. The van der Waals surface area contributed by atoms with Crippen molar-refractivity contribution in [2.24, 2.45) is 0 Å². The monoisotopic (exact) mass is 478 g/mol. The molecule has 1 amide bonds. The molecule has 3 aromatic heterocycles. The van der Waals surface area contributed by atoms with Crippen molar-refractivity contribution in [3.63, 3.8) is 0 Å².